The Morgan fingerprint density at radius 3 is 2.63 bits per heavy atom. The van der Waals surface area contributed by atoms with Crippen LogP contribution in [0.2, 0.25) is 0 Å². The molecular formula is C14H25N3O2. The van der Waals surface area contributed by atoms with Gasteiger partial charge in [-0.05, 0) is 38.0 Å². The first-order valence-corrected chi connectivity index (χ1v) is 7.32. The second kappa shape index (κ2) is 5.90. The molecule has 0 aromatic carbocycles. The van der Waals surface area contributed by atoms with Gasteiger partial charge in [-0.15, -0.1) is 0 Å². The third-order valence-corrected chi connectivity index (χ3v) is 4.62. The van der Waals surface area contributed by atoms with Crippen molar-refractivity contribution in [2.45, 2.75) is 45.1 Å². The molecule has 1 saturated carbocycles. The summed E-state index contributed by atoms with van der Waals surface area (Å²) in [6, 6.07) is -0.0299. The first-order valence-electron chi connectivity index (χ1n) is 7.32. The lowest BCUT2D eigenvalue weighted by atomic mass is 9.78. The Bertz CT molecular complexity index is 359. The molecule has 5 heteroatoms. The Kier molecular flexibility index (Phi) is 4.45. The zero-order chi connectivity index (χ0) is 14.0. The van der Waals surface area contributed by atoms with Crippen LogP contribution in [0.1, 0.15) is 39.0 Å². The molecule has 0 bridgehead atoms. The lowest BCUT2D eigenvalue weighted by molar-refractivity contribution is -0.140. The molecule has 2 amide bonds. The summed E-state index contributed by atoms with van der Waals surface area (Å²) in [6.45, 7) is 3.39. The van der Waals surface area contributed by atoms with Crippen molar-refractivity contribution < 1.29 is 9.59 Å². The van der Waals surface area contributed by atoms with Crippen LogP contribution in [0.3, 0.4) is 0 Å². The van der Waals surface area contributed by atoms with E-state index in [4.69, 9.17) is 11.5 Å². The maximum atomic E-state index is 12.6. The number of amides is 2. The molecule has 2 rings (SSSR count). The fraction of sp³-hybridized carbons (Fsp3) is 0.857. The SMILES string of the molecule is CC1CCC(N)C(C(=O)N2CCCC(C(N)=O)C2)C1. The minimum absolute atomic E-state index is 0.0299. The highest BCUT2D eigenvalue weighted by Gasteiger charge is 2.36. The van der Waals surface area contributed by atoms with E-state index in [1.807, 2.05) is 4.90 Å². The maximum absolute atomic E-state index is 12.6. The summed E-state index contributed by atoms with van der Waals surface area (Å²) >= 11 is 0. The molecule has 108 valence electrons. The Morgan fingerprint density at radius 1 is 1.21 bits per heavy atom. The normalized spacial score (nSPS) is 36.0. The Hall–Kier alpha value is -1.10. The second-order valence-electron chi connectivity index (χ2n) is 6.21. The van der Waals surface area contributed by atoms with Crippen molar-refractivity contribution in [1.82, 2.24) is 4.90 Å². The molecule has 1 heterocycles. The first-order chi connectivity index (χ1) is 8.99. The Morgan fingerprint density at radius 2 is 1.95 bits per heavy atom. The Labute approximate surface area is 114 Å². The number of hydrogen-bond donors (Lipinski definition) is 2. The number of hydrogen-bond acceptors (Lipinski definition) is 3. The molecule has 4 unspecified atom stereocenters. The molecule has 5 nitrogen and oxygen atoms in total. The molecule has 0 spiro atoms. The quantitative estimate of drug-likeness (QED) is 0.762. The number of primary amides is 1. The summed E-state index contributed by atoms with van der Waals surface area (Å²) in [5.41, 5.74) is 11.5. The summed E-state index contributed by atoms with van der Waals surface area (Å²) < 4.78 is 0. The van der Waals surface area contributed by atoms with Crippen LogP contribution in [0.15, 0.2) is 0 Å². The van der Waals surface area contributed by atoms with Gasteiger partial charge in [0.05, 0.1) is 11.8 Å². The van der Waals surface area contributed by atoms with Crippen molar-refractivity contribution in [3.05, 3.63) is 0 Å². The van der Waals surface area contributed by atoms with Crippen LogP contribution >= 0.6 is 0 Å². The van der Waals surface area contributed by atoms with Gasteiger partial charge in [0.2, 0.25) is 11.8 Å². The molecule has 0 aromatic rings. The van der Waals surface area contributed by atoms with Crippen molar-refractivity contribution >= 4 is 11.8 Å². The van der Waals surface area contributed by atoms with Gasteiger partial charge in [-0.1, -0.05) is 6.92 Å². The molecule has 0 aromatic heterocycles. The fourth-order valence-corrected chi connectivity index (χ4v) is 3.33. The monoisotopic (exact) mass is 267 g/mol. The second-order valence-corrected chi connectivity index (χ2v) is 6.21. The van der Waals surface area contributed by atoms with Gasteiger partial charge in [0, 0.05) is 19.1 Å². The fourth-order valence-electron chi connectivity index (χ4n) is 3.33. The van der Waals surface area contributed by atoms with Crippen molar-refractivity contribution in [2.75, 3.05) is 13.1 Å². The highest BCUT2D eigenvalue weighted by Crippen LogP contribution is 2.30. The number of carbonyl (C=O) groups is 2. The Balaban J connectivity index is 2.00. The predicted octanol–water partition coefficient (Wildman–Crippen LogP) is 0.474. The van der Waals surface area contributed by atoms with Gasteiger partial charge in [0.1, 0.15) is 0 Å². The minimum Gasteiger partial charge on any atom is -0.369 e. The zero-order valence-electron chi connectivity index (χ0n) is 11.7. The van der Waals surface area contributed by atoms with Crippen LogP contribution in [0, 0.1) is 17.8 Å². The molecule has 4 atom stereocenters. The number of likely N-dealkylation sites (tertiary alicyclic amines) is 1. The maximum Gasteiger partial charge on any atom is 0.227 e. The average Bonchev–Trinajstić information content (AvgIpc) is 2.41. The van der Waals surface area contributed by atoms with Gasteiger partial charge in [-0.3, -0.25) is 9.59 Å². The van der Waals surface area contributed by atoms with E-state index in [0.717, 1.165) is 38.6 Å². The van der Waals surface area contributed by atoms with E-state index in [2.05, 4.69) is 6.92 Å². The van der Waals surface area contributed by atoms with E-state index in [1.165, 1.54) is 0 Å². The standard InChI is InChI=1S/C14H25N3O2/c1-9-4-5-12(15)11(7-9)14(19)17-6-2-3-10(8-17)13(16)18/h9-12H,2-8,15H2,1H3,(H2,16,18). The van der Waals surface area contributed by atoms with Crippen molar-refractivity contribution in [2.24, 2.45) is 29.2 Å². The van der Waals surface area contributed by atoms with Crippen molar-refractivity contribution in [3.8, 4) is 0 Å². The van der Waals surface area contributed by atoms with E-state index in [0.29, 0.717) is 12.5 Å². The lowest BCUT2D eigenvalue weighted by Gasteiger charge is -2.38. The molecule has 4 N–H and O–H groups in total. The molecule has 2 aliphatic rings. The largest absolute Gasteiger partial charge is 0.369 e. The molecule has 1 aliphatic heterocycles. The average molecular weight is 267 g/mol. The van der Waals surface area contributed by atoms with E-state index in [1.54, 1.807) is 0 Å². The van der Waals surface area contributed by atoms with E-state index >= 15 is 0 Å². The highest BCUT2D eigenvalue weighted by atomic mass is 16.2. The molecule has 19 heavy (non-hydrogen) atoms. The third kappa shape index (κ3) is 3.26. The van der Waals surface area contributed by atoms with Gasteiger partial charge >= 0.3 is 0 Å². The number of carbonyl (C=O) groups excluding carboxylic acids is 2. The number of nitrogens with zero attached hydrogens (tertiary/aromatic N) is 1. The van der Waals surface area contributed by atoms with Gasteiger partial charge in [0.15, 0.2) is 0 Å². The van der Waals surface area contributed by atoms with Gasteiger partial charge in [-0.2, -0.15) is 0 Å². The van der Waals surface area contributed by atoms with Crippen LogP contribution in [0.5, 0.6) is 0 Å². The van der Waals surface area contributed by atoms with Crippen LogP contribution in [-0.4, -0.2) is 35.8 Å². The van der Waals surface area contributed by atoms with Crippen molar-refractivity contribution in [3.63, 3.8) is 0 Å². The molecule has 1 aliphatic carbocycles. The number of nitrogens with two attached hydrogens (primary N) is 2. The predicted molar refractivity (Wildman–Crippen MR) is 73.0 cm³/mol. The van der Waals surface area contributed by atoms with Crippen LogP contribution in [-0.2, 0) is 9.59 Å². The van der Waals surface area contributed by atoms with Gasteiger partial charge in [0.25, 0.3) is 0 Å². The first kappa shape index (κ1) is 14.3. The summed E-state index contributed by atoms with van der Waals surface area (Å²) in [7, 11) is 0. The van der Waals surface area contributed by atoms with Crippen molar-refractivity contribution in [1.29, 1.82) is 0 Å². The van der Waals surface area contributed by atoms with Gasteiger partial charge in [-0.25, -0.2) is 0 Å². The van der Waals surface area contributed by atoms with Gasteiger partial charge < -0.3 is 16.4 Å². The van der Waals surface area contributed by atoms with E-state index in [9.17, 15) is 9.59 Å². The smallest absolute Gasteiger partial charge is 0.227 e. The summed E-state index contributed by atoms with van der Waals surface area (Å²) in [5.74, 6) is 0.139. The topological polar surface area (TPSA) is 89.4 Å². The van der Waals surface area contributed by atoms with E-state index in [-0.39, 0.29) is 29.7 Å². The van der Waals surface area contributed by atoms with Crippen LogP contribution in [0.4, 0.5) is 0 Å². The molecule has 2 fully saturated rings. The zero-order valence-corrected chi connectivity index (χ0v) is 11.7. The molecule has 0 radical (unpaired) electrons. The van der Waals surface area contributed by atoms with Crippen LogP contribution in [0.25, 0.3) is 0 Å². The lowest BCUT2D eigenvalue weighted by Crippen LogP contribution is -2.51. The molecular weight excluding hydrogens is 242 g/mol. The molecule has 1 saturated heterocycles. The van der Waals surface area contributed by atoms with Crippen LogP contribution < -0.4 is 11.5 Å². The minimum atomic E-state index is -0.293. The summed E-state index contributed by atoms with van der Waals surface area (Å²) in [6.07, 6.45) is 4.56. The van der Waals surface area contributed by atoms with E-state index < -0.39 is 0 Å². The number of rotatable bonds is 2. The third-order valence-electron chi connectivity index (χ3n) is 4.62. The summed E-state index contributed by atoms with van der Waals surface area (Å²) in [4.78, 5) is 25.7. The number of piperidine rings is 1. The summed E-state index contributed by atoms with van der Waals surface area (Å²) in [5, 5.41) is 0. The highest BCUT2D eigenvalue weighted by molar-refractivity contribution is 5.82.